The smallest absolute Gasteiger partial charge is 0.338 e. The molecule has 3 aromatic rings. The Morgan fingerprint density at radius 3 is 1.86 bits per heavy atom. The first-order valence-corrected chi connectivity index (χ1v) is 13.3. The van der Waals surface area contributed by atoms with Gasteiger partial charge in [0.25, 0.3) is 0 Å². The van der Waals surface area contributed by atoms with E-state index in [9.17, 15) is 4.79 Å². The van der Waals surface area contributed by atoms with E-state index < -0.39 is 0 Å². The average molecular weight is 486 g/mol. The van der Waals surface area contributed by atoms with Crippen molar-refractivity contribution in [2.24, 2.45) is 5.92 Å². The molecular weight excluding hydrogens is 454 g/mol. The Morgan fingerprint density at radius 2 is 1.31 bits per heavy atom. The van der Waals surface area contributed by atoms with Gasteiger partial charge in [0.2, 0.25) is 0 Å². The number of rotatable bonds is 5. The van der Waals surface area contributed by atoms with E-state index in [0.717, 1.165) is 32.4 Å². The first-order valence-electron chi connectivity index (χ1n) is 12.9. The van der Waals surface area contributed by atoms with E-state index in [1.54, 1.807) is 24.3 Å². The first kappa shape index (κ1) is 22.8. The zero-order valence-electron chi connectivity index (χ0n) is 20.0. The number of hydrogen-bond donors (Lipinski definition) is 0. The van der Waals surface area contributed by atoms with E-state index in [1.807, 2.05) is 0 Å². The molecule has 2 bridgehead atoms. The van der Waals surface area contributed by atoms with Crippen LogP contribution in [0.15, 0.2) is 84.9 Å². The largest absolute Gasteiger partial charge is 0.458 e. The number of likely N-dealkylation sites (tertiary alicyclic amines) is 1. The number of benzene rings is 3. The van der Waals surface area contributed by atoms with Crippen molar-refractivity contribution in [3.05, 3.63) is 107 Å². The Hall–Kier alpha value is -2.62. The van der Waals surface area contributed by atoms with Crippen LogP contribution in [0.1, 0.15) is 65.4 Å². The summed E-state index contributed by atoms with van der Waals surface area (Å²) in [5.41, 5.74) is 3.36. The van der Waals surface area contributed by atoms with E-state index in [4.69, 9.17) is 16.3 Å². The molecule has 180 valence electrons. The van der Waals surface area contributed by atoms with Gasteiger partial charge in [-0.15, -0.1) is 0 Å². The summed E-state index contributed by atoms with van der Waals surface area (Å²) in [7, 11) is 0. The van der Waals surface area contributed by atoms with Crippen LogP contribution in [0, 0.1) is 5.92 Å². The number of nitrogens with zero attached hydrogens (tertiary/aromatic N) is 1. The number of halogens is 1. The number of carbonyl (C=O) groups is 1. The van der Waals surface area contributed by atoms with Crippen LogP contribution in [0.25, 0.3) is 0 Å². The monoisotopic (exact) mass is 485 g/mol. The predicted octanol–water partition coefficient (Wildman–Crippen LogP) is 7.08. The van der Waals surface area contributed by atoms with Gasteiger partial charge in [0.1, 0.15) is 6.10 Å². The molecule has 3 aromatic carbocycles. The SMILES string of the molecule is O=C(O[C@@H]1CC2(N3CCCC3)C[C@@H](c3ccccc3)C1[C@H](c1ccccc1)C2)c1ccc(Cl)cc1. The van der Waals surface area contributed by atoms with Crippen LogP contribution in [0.4, 0.5) is 0 Å². The van der Waals surface area contributed by atoms with Crippen LogP contribution in [-0.4, -0.2) is 35.6 Å². The second-order valence-electron chi connectivity index (χ2n) is 10.6. The van der Waals surface area contributed by atoms with Gasteiger partial charge in [-0.25, -0.2) is 4.79 Å². The highest BCUT2D eigenvalue weighted by molar-refractivity contribution is 6.30. The van der Waals surface area contributed by atoms with Crippen LogP contribution in [0.5, 0.6) is 0 Å². The Bertz CT molecular complexity index is 1110. The molecule has 3 atom stereocenters. The molecule has 1 heterocycles. The van der Waals surface area contributed by atoms with Crippen LogP contribution in [0.2, 0.25) is 5.02 Å². The van der Waals surface area contributed by atoms with E-state index in [2.05, 4.69) is 65.6 Å². The van der Waals surface area contributed by atoms with Gasteiger partial charge in [-0.05, 0) is 86.0 Å². The molecule has 1 aliphatic heterocycles. The highest BCUT2D eigenvalue weighted by atomic mass is 35.5. The third kappa shape index (κ3) is 4.30. The van der Waals surface area contributed by atoms with Crippen molar-refractivity contribution in [2.45, 2.75) is 55.6 Å². The maximum absolute atomic E-state index is 13.3. The Morgan fingerprint density at radius 1 is 0.771 bits per heavy atom. The van der Waals surface area contributed by atoms with Crippen LogP contribution >= 0.6 is 11.6 Å². The average Bonchev–Trinajstić information content (AvgIpc) is 3.46. The summed E-state index contributed by atoms with van der Waals surface area (Å²) in [6.45, 7) is 2.29. The molecule has 0 aromatic heterocycles. The van der Waals surface area contributed by atoms with Gasteiger partial charge >= 0.3 is 5.97 Å². The first-order chi connectivity index (χ1) is 17.1. The lowest BCUT2D eigenvalue weighted by Gasteiger charge is -2.61. The molecule has 0 radical (unpaired) electrons. The molecule has 0 unspecified atom stereocenters. The van der Waals surface area contributed by atoms with E-state index in [1.165, 1.54) is 24.0 Å². The van der Waals surface area contributed by atoms with E-state index in [0.29, 0.717) is 22.4 Å². The van der Waals surface area contributed by atoms with E-state index >= 15 is 0 Å². The molecule has 3 nitrogen and oxygen atoms in total. The summed E-state index contributed by atoms with van der Waals surface area (Å²) in [6, 6.07) is 28.9. The quantitative estimate of drug-likeness (QED) is 0.361. The normalized spacial score (nSPS) is 30.3. The molecule has 4 fully saturated rings. The van der Waals surface area contributed by atoms with Crippen molar-refractivity contribution in [3.63, 3.8) is 0 Å². The highest BCUT2D eigenvalue weighted by Crippen LogP contribution is 2.61. The molecule has 4 aliphatic rings. The second-order valence-corrected chi connectivity index (χ2v) is 11.0. The molecule has 0 amide bonds. The van der Waals surface area contributed by atoms with Gasteiger partial charge in [-0.1, -0.05) is 72.3 Å². The summed E-state index contributed by atoms with van der Waals surface area (Å²) < 4.78 is 6.43. The van der Waals surface area contributed by atoms with Crippen molar-refractivity contribution >= 4 is 17.6 Å². The van der Waals surface area contributed by atoms with Crippen LogP contribution in [0.3, 0.4) is 0 Å². The lowest BCUT2D eigenvalue weighted by Crippen LogP contribution is -2.62. The Balaban J connectivity index is 1.42. The van der Waals surface area contributed by atoms with Crippen molar-refractivity contribution in [1.82, 2.24) is 4.90 Å². The molecule has 4 heteroatoms. The molecular formula is C31H32ClNO2. The van der Waals surface area contributed by atoms with Gasteiger partial charge in [0.05, 0.1) is 5.56 Å². The number of esters is 1. The maximum atomic E-state index is 13.3. The number of fused-ring (bicyclic) bond motifs is 3. The Kier molecular flexibility index (Phi) is 6.16. The fraction of sp³-hybridized carbons (Fsp3) is 0.387. The minimum atomic E-state index is -0.241. The van der Waals surface area contributed by atoms with Gasteiger partial charge in [0, 0.05) is 22.9 Å². The van der Waals surface area contributed by atoms with Gasteiger partial charge in [-0.3, -0.25) is 4.90 Å². The standard InChI is InChI=1S/C31H32ClNO2/c32-25-15-13-24(14-16-25)30(34)35-28-21-31(33-17-7-8-18-33)19-26(22-9-3-1-4-10-22)29(28)27(20-31)23-11-5-2-6-12-23/h1-6,9-16,26-29H,7-8,17-21H2/t26-,27-,28+,29?,31?/m0/s1. The zero-order chi connectivity index (χ0) is 23.8. The van der Waals surface area contributed by atoms with Gasteiger partial charge < -0.3 is 4.74 Å². The van der Waals surface area contributed by atoms with Crippen molar-refractivity contribution < 1.29 is 9.53 Å². The number of hydrogen-bond acceptors (Lipinski definition) is 3. The topological polar surface area (TPSA) is 29.5 Å². The van der Waals surface area contributed by atoms with Crippen molar-refractivity contribution in [1.29, 1.82) is 0 Å². The van der Waals surface area contributed by atoms with Crippen LogP contribution < -0.4 is 0 Å². The summed E-state index contributed by atoms with van der Waals surface area (Å²) in [6.07, 6.45) is 5.58. The molecule has 35 heavy (non-hydrogen) atoms. The minimum Gasteiger partial charge on any atom is -0.458 e. The Labute approximate surface area is 213 Å². The lowest BCUT2D eigenvalue weighted by atomic mass is 9.51. The minimum absolute atomic E-state index is 0.0528. The highest BCUT2D eigenvalue weighted by Gasteiger charge is 2.59. The molecule has 0 N–H and O–H groups in total. The number of ether oxygens (including phenoxy) is 1. The molecule has 1 saturated heterocycles. The van der Waals surface area contributed by atoms with Crippen LogP contribution in [-0.2, 0) is 4.74 Å². The fourth-order valence-corrected chi connectivity index (χ4v) is 7.35. The molecule has 7 rings (SSSR count). The van der Waals surface area contributed by atoms with Crippen molar-refractivity contribution in [3.8, 4) is 0 Å². The van der Waals surface area contributed by atoms with Crippen molar-refractivity contribution in [2.75, 3.05) is 13.1 Å². The maximum Gasteiger partial charge on any atom is 0.338 e. The van der Waals surface area contributed by atoms with E-state index in [-0.39, 0.29) is 23.5 Å². The fourth-order valence-electron chi connectivity index (χ4n) is 7.22. The second kappa shape index (κ2) is 9.44. The van der Waals surface area contributed by atoms with Gasteiger partial charge in [0.15, 0.2) is 0 Å². The third-order valence-corrected chi connectivity index (χ3v) is 8.96. The zero-order valence-corrected chi connectivity index (χ0v) is 20.7. The molecule has 0 spiro atoms. The summed E-state index contributed by atoms with van der Waals surface area (Å²) >= 11 is 6.07. The molecule has 3 aliphatic carbocycles. The number of carbonyl (C=O) groups excluding carboxylic acids is 1. The summed E-state index contributed by atoms with van der Waals surface area (Å²) in [4.78, 5) is 16.1. The lowest BCUT2D eigenvalue weighted by molar-refractivity contribution is -0.105. The summed E-state index contributed by atoms with van der Waals surface area (Å²) in [5.74, 6) is 0.718. The third-order valence-electron chi connectivity index (χ3n) is 8.71. The predicted molar refractivity (Wildman–Crippen MR) is 140 cm³/mol. The van der Waals surface area contributed by atoms with Gasteiger partial charge in [-0.2, -0.15) is 0 Å². The molecule has 3 saturated carbocycles. The summed E-state index contributed by atoms with van der Waals surface area (Å²) in [5, 5.41) is 0.625.